The summed E-state index contributed by atoms with van der Waals surface area (Å²) in [7, 11) is 0. The maximum Gasteiger partial charge on any atom is 0.120 e. The van der Waals surface area contributed by atoms with Gasteiger partial charge in [-0.3, -0.25) is 0 Å². The second kappa shape index (κ2) is 5.96. The molecule has 4 rings (SSSR count). The van der Waals surface area contributed by atoms with Crippen molar-refractivity contribution in [3.63, 3.8) is 0 Å². The Balaban J connectivity index is 1.49. The molecule has 1 aliphatic carbocycles. The average Bonchev–Trinajstić information content (AvgIpc) is 2.94. The van der Waals surface area contributed by atoms with E-state index in [9.17, 15) is 0 Å². The van der Waals surface area contributed by atoms with E-state index >= 15 is 0 Å². The Morgan fingerprint density at radius 1 is 1.13 bits per heavy atom. The molecule has 1 saturated heterocycles. The van der Waals surface area contributed by atoms with Gasteiger partial charge in [0.15, 0.2) is 0 Å². The number of ether oxygens (including phenoxy) is 1. The fourth-order valence-electron chi connectivity index (χ4n) is 3.93. The average molecular weight is 413 g/mol. The summed E-state index contributed by atoms with van der Waals surface area (Å²) >= 11 is 15.5. The summed E-state index contributed by atoms with van der Waals surface area (Å²) in [4.78, 5) is 0. The number of fused-ring (bicyclic) bond motifs is 1. The summed E-state index contributed by atoms with van der Waals surface area (Å²) in [5.74, 6) is 1.97. The van der Waals surface area contributed by atoms with Crippen LogP contribution in [0, 0.1) is 11.8 Å². The lowest BCUT2D eigenvalue weighted by atomic mass is 9.93. The first-order valence-corrected chi connectivity index (χ1v) is 9.21. The lowest BCUT2D eigenvalue weighted by Gasteiger charge is -2.17. The molecule has 3 unspecified atom stereocenters. The Morgan fingerprint density at radius 3 is 2.65 bits per heavy atom. The molecule has 1 N–H and O–H groups in total. The molecule has 0 amide bonds. The van der Waals surface area contributed by atoms with Crippen molar-refractivity contribution in [2.45, 2.75) is 5.41 Å². The third-order valence-electron chi connectivity index (χ3n) is 5.18. The number of hydrogen-bond acceptors (Lipinski definition) is 2. The molecule has 2 aromatic rings. The van der Waals surface area contributed by atoms with Gasteiger partial charge in [0.05, 0.1) is 16.7 Å². The molecule has 0 spiro atoms. The number of nitrogens with one attached hydrogen (secondary N) is 1. The first-order valence-electron chi connectivity index (χ1n) is 7.66. The van der Waals surface area contributed by atoms with E-state index in [1.807, 2.05) is 6.07 Å². The molecule has 1 aliphatic heterocycles. The highest BCUT2D eigenvalue weighted by atomic mass is 79.9. The highest BCUT2D eigenvalue weighted by Gasteiger charge is 2.67. The molecule has 2 nitrogen and oxygen atoms in total. The second-order valence-electron chi connectivity index (χ2n) is 6.28. The largest absolute Gasteiger partial charge is 0.493 e. The van der Waals surface area contributed by atoms with Crippen LogP contribution in [0.5, 0.6) is 5.75 Å². The first kappa shape index (κ1) is 15.8. The van der Waals surface area contributed by atoms with Gasteiger partial charge in [0, 0.05) is 28.4 Å². The van der Waals surface area contributed by atoms with Gasteiger partial charge >= 0.3 is 0 Å². The summed E-state index contributed by atoms with van der Waals surface area (Å²) in [6.07, 6.45) is 0. The van der Waals surface area contributed by atoms with Crippen LogP contribution in [0.15, 0.2) is 46.9 Å². The third kappa shape index (κ3) is 2.68. The van der Waals surface area contributed by atoms with Crippen molar-refractivity contribution in [1.82, 2.24) is 5.32 Å². The number of hydrogen-bond donors (Lipinski definition) is 1. The molecule has 5 heteroatoms. The molecule has 2 aliphatic rings. The molecule has 23 heavy (non-hydrogen) atoms. The van der Waals surface area contributed by atoms with Gasteiger partial charge in [-0.2, -0.15) is 0 Å². The standard InChI is InChI=1S/C18H16BrCl2NO/c19-12-3-1-11(2-4-12)18-10-22-8-14(18)15(18)9-23-13-5-6-16(20)17(21)7-13/h1-7,14-15,22H,8-10H2. The Hall–Kier alpha value is -0.740. The third-order valence-corrected chi connectivity index (χ3v) is 6.45. The van der Waals surface area contributed by atoms with Gasteiger partial charge in [-0.1, -0.05) is 51.3 Å². The molecule has 3 atom stereocenters. The highest BCUT2D eigenvalue weighted by Crippen LogP contribution is 2.62. The molecular weight excluding hydrogens is 397 g/mol. The lowest BCUT2D eigenvalue weighted by Crippen LogP contribution is -2.25. The van der Waals surface area contributed by atoms with Gasteiger partial charge in [-0.15, -0.1) is 0 Å². The summed E-state index contributed by atoms with van der Waals surface area (Å²) in [6.45, 7) is 2.79. The minimum Gasteiger partial charge on any atom is -0.493 e. The van der Waals surface area contributed by atoms with E-state index in [1.165, 1.54) is 5.56 Å². The minimum atomic E-state index is 0.219. The van der Waals surface area contributed by atoms with E-state index in [2.05, 4.69) is 45.5 Å². The Kier molecular flexibility index (Phi) is 4.09. The SMILES string of the molecule is Clc1ccc(OCC2C3CNCC32c2ccc(Br)cc2)cc1Cl. The molecule has 1 heterocycles. The molecular formula is C18H16BrCl2NO. The van der Waals surface area contributed by atoms with Crippen LogP contribution in [0.3, 0.4) is 0 Å². The van der Waals surface area contributed by atoms with E-state index in [-0.39, 0.29) is 5.41 Å². The second-order valence-corrected chi connectivity index (χ2v) is 8.01. The van der Waals surface area contributed by atoms with Crippen LogP contribution >= 0.6 is 39.1 Å². The lowest BCUT2D eigenvalue weighted by molar-refractivity contribution is 0.276. The van der Waals surface area contributed by atoms with E-state index in [0.29, 0.717) is 28.5 Å². The number of benzene rings is 2. The molecule has 0 radical (unpaired) electrons. The smallest absolute Gasteiger partial charge is 0.120 e. The zero-order chi connectivity index (χ0) is 16.0. The maximum atomic E-state index is 6.05. The fraction of sp³-hybridized carbons (Fsp3) is 0.333. The quantitative estimate of drug-likeness (QED) is 0.769. The molecule has 0 aromatic heterocycles. The van der Waals surface area contributed by atoms with Crippen molar-refractivity contribution in [3.05, 3.63) is 62.5 Å². The van der Waals surface area contributed by atoms with E-state index in [4.69, 9.17) is 27.9 Å². The van der Waals surface area contributed by atoms with Gasteiger partial charge < -0.3 is 10.1 Å². The summed E-state index contributed by atoms with van der Waals surface area (Å²) < 4.78 is 7.11. The number of rotatable bonds is 4. The van der Waals surface area contributed by atoms with Crippen molar-refractivity contribution in [3.8, 4) is 5.75 Å². The van der Waals surface area contributed by atoms with Crippen molar-refractivity contribution >= 4 is 39.1 Å². The van der Waals surface area contributed by atoms with Crippen LogP contribution in [-0.2, 0) is 5.41 Å². The summed E-state index contributed by atoms with van der Waals surface area (Å²) in [5, 5.41) is 4.60. The monoisotopic (exact) mass is 411 g/mol. The van der Waals surface area contributed by atoms with Crippen LogP contribution < -0.4 is 10.1 Å². The van der Waals surface area contributed by atoms with Gasteiger partial charge in [0.25, 0.3) is 0 Å². The zero-order valence-corrected chi connectivity index (χ0v) is 15.5. The van der Waals surface area contributed by atoms with Crippen LogP contribution in [0.1, 0.15) is 5.56 Å². The van der Waals surface area contributed by atoms with Crippen molar-refractivity contribution in [2.24, 2.45) is 11.8 Å². The Labute approximate surface area is 154 Å². The molecule has 1 saturated carbocycles. The summed E-state index contributed by atoms with van der Waals surface area (Å²) in [5.41, 5.74) is 1.62. The number of piperidine rings is 1. The van der Waals surface area contributed by atoms with E-state index in [1.54, 1.807) is 12.1 Å². The van der Waals surface area contributed by atoms with Crippen LogP contribution in [0.2, 0.25) is 10.0 Å². The van der Waals surface area contributed by atoms with Gasteiger partial charge in [-0.25, -0.2) is 0 Å². The Bertz CT molecular complexity index is 736. The molecule has 0 bridgehead atoms. The van der Waals surface area contributed by atoms with Gasteiger partial charge in [0.2, 0.25) is 0 Å². The topological polar surface area (TPSA) is 21.3 Å². The fourth-order valence-corrected chi connectivity index (χ4v) is 4.49. The minimum absolute atomic E-state index is 0.219. The number of halogens is 3. The van der Waals surface area contributed by atoms with Crippen molar-refractivity contribution in [2.75, 3.05) is 19.7 Å². The van der Waals surface area contributed by atoms with Crippen LogP contribution in [0.25, 0.3) is 0 Å². The zero-order valence-electron chi connectivity index (χ0n) is 12.4. The van der Waals surface area contributed by atoms with Gasteiger partial charge in [-0.05, 0) is 42.3 Å². The van der Waals surface area contributed by atoms with Crippen LogP contribution in [-0.4, -0.2) is 19.7 Å². The first-order chi connectivity index (χ1) is 11.1. The summed E-state index contributed by atoms with van der Waals surface area (Å²) in [6, 6.07) is 14.1. The van der Waals surface area contributed by atoms with Crippen molar-refractivity contribution in [1.29, 1.82) is 0 Å². The predicted octanol–water partition coefficient (Wildman–Crippen LogP) is 4.92. The highest BCUT2D eigenvalue weighted by molar-refractivity contribution is 9.10. The molecule has 2 fully saturated rings. The van der Waals surface area contributed by atoms with Crippen LogP contribution in [0.4, 0.5) is 0 Å². The molecule has 2 aromatic carbocycles. The van der Waals surface area contributed by atoms with Crippen molar-refractivity contribution < 1.29 is 4.74 Å². The van der Waals surface area contributed by atoms with Gasteiger partial charge in [0.1, 0.15) is 5.75 Å². The molecule has 120 valence electrons. The normalized spacial score (nSPS) is 28.5. The van der Waals surface area contributed by atoms with E-state index < -0.39 is 0 Å². The predicted molar refractivity (Wildman–Crippen MR) is 97.6 cm³/mol. The Morgan fingerprint density at radius 2 is 1.91 bits per heavy atom. The maximum absolute atomic E-state index is 6.05. The van der Waals surface area contributed by atoms with E-state index in [0.717, 1.165) is 23.3 Å².